The van der Waals surface area contributed by atoms with E-state index in [0.717, 1.165) is 43.6 Å². The molecule has 158 valence electrons. The summed E-state index contributed by atoms with van der Waals surface area (Å²) in [5.74, 6) is 0. The van der Waals surface area contributed by atoms with Gasteiger partial charge < -0.3 is 29.6 Å². The topological polar surface area (TPSA) is 90.6 Å². The molecule has 3 aromatic carbocycles. The van der Waals surface area contributed by atoms with E-state index in [4.69, 9.17) is 16.3 Å². The standard InChI is InChI=1S/C24H21ClN2O4/c1-11-21(28)22(29)23(30)24(31-11)27-18-9-6-12(25)10-16(18)15-8-7-14-13-4-2-3-5-17(13)26-19(14)20(15)27/h2-11,21-24,26,28-30H,1H3. The molecule has 6 nitrogen and oxygen atoms in total. The van der Waals surface area contributed by atoms with E-state index in [0.29, 0.717) is 5.02 Å². The minimum atomic E-state index is -1.32. The minimum absolute atomic E-state index is 0.609. The van der Waals surface area contributed by atoms with Crippen molar-refractivity contribution in [3.8, 4) is 0 Å². The molecule has 31 heavy (non-hydrogen) atoms. The molecule has 1 aliphatic heterocycles. The monoisotopic (exact) mass is 436 g/mol. The Morgan fingerprint density at radius 2 is 1.65 bits per heavy atom. The van der Waals surface area contributed by atoms with E-state index in [1.807, 2.05) is 34.9 Å². The summed E-state index contributed by atoms with van der Waals surface area (Å²) in [5.41, 5.74) is 3.60. The maximum Gasteiger partial charge on any atom is 0.163 e. The molecule has 5 atom stereocenters. The molecule has 6 rings (SSSR count). The second-order valence-electron chi connectivity index (χ2n) is 8.29. The molecule has 5 unspecified atom stereocenters. The first-order valence-corrected chi connectivity index (χ1v) is 10.7. The van der Waals surface area contributed by atoms with Crippen molar-refractivity contribution in [2.75, 3.05) is 0 Å². The Morgan fingerprint density at radius 1 is 0.871 bits per heavy atom. The van der Waals surface area contributed by atoms with E-state index >= 15 is 0 Å². The summed E-state index contributed by atoms with van der Waals surface area (Å²) in [6.45, 7) is 1.69. The first-order chi connectivity index (χ1) is 15.0. The largest absolute Gasteiger partial charge is 0.388 e. The van der Waals surface area contributed by atoms with E-state index in [2.05, 4.69) is 23.2 Å². The summed E-state index contributed by atoms with van der Waals surface area (Å²) in [6, 6.07) is 17.8. The van der Waals surface area contributed by atoms with Gasteiger partial charge in [-0.05, 0) is 31.2 Å². The van der Waals surface area contributed by atoms with Crippen molar-refractivity contribution >= 4 is 55.2 Å². The van der Waals surface area contributed by atoms with Crippen LogP contribution < -0.4 is 0 Å². The number of hydrogen-bond donors (Lipinski definition) is 4. The molecule has 0 radical (unpaired) electrons. The number of fused-ring (bicyclic) bond motifs is 7. The molecule has 7 heteroatoms. The number of rotatable bonds is 1. The molecular weight excluding hydrogens is 416 g/mol. The van der Waals surface area contributed by atoms with Crippen LogP contribution in [0.4, 0.5) is 0 Å². The number of nitrogens with zero attached hydrogens (tertiary/aromatic N) is 1. The number of halogens is 1. The summed E-state index contributed by atoms with van der Waals surface area (Å²) in [4.78, 5) is 3.52. The van der Waals surface area contributed by atoms with Gasteiger partial charge in [0.2, 0.25) is 0 Å². The maximum absolute atomic E-state index is 10.9. The Morgan fingerprint density at radius 3 is 2.48 bits per heavy atom. The number of ether oxygens (including phenoxy) is 1. The van der Waals surface area contributed by atoms with Gasteiger partial charge in [-0.3, -0.25) is 0 Å². The maximum atomic E-state index is 10.9. The van der Waals surface area contributed by atoms with Gasteiger partial charge in [-0.25, -0.2) is 0 Å². The zero-order valence-electron chi connectivity index (χ0n) is 16.7. The van der Waals surface area contributed by atoms with Crippen molar-refractivity contribution < 1.29 is 20.1 Å². The van der Waals surface area contributed by atoms with Gasteiger partial charge in [0.1, 0.15) is 18.3 Å². The highest BCUT2D eigenvalue weighted by Gasteiger charge is 2.43. The third kappa shape index (κ3) is 2.60. The van der Waals surface area contributed by atoms with Crippen LogP contribution in [0, 0.1) is 0 Å². The Balaban J connectivity index is 1.76. The predicted octanol–water partition coefficient (Wildman–Crippen LogP) is 4.08. The predicted molar refractivity (Wildman–Crippen MR) is 121 cm³/mol. The average molecular weight is 437 g/mol. The molecule has 1 aliphatic rings. The van der Waals surface area contributed by atoms with Gasteiger partial charge in [-0.15, -0.1) is 0 Å². The van der Waals surface area contributed by atoms with Gasteiger partial charge >= 0.3 is 0 Å². The summed E-state index contributed by atoms with van der Waals surface area (Å²) >= 11 is 6.32. The molecular formula is C24H21ClN2O4. The van der Waals surface area contributed by atoms with Gasteiger partial charge in [-0.2, -0.15) is 0 Å². The van der Waals surface area contributed by atoms with E-state index in [1.165, 1.54) is 0 Å². The summed E-state index contributed by atoms with van der Waals surface area (Å²) < 4.78 is 7.96. The van der Waals surface area contributed by atoms with Crippen molar-refractivity contribution in [1.29, 1.82) is 0 Å². The highest BCUT2D eigenvalue weighted by Crippen LogP contribution is 2.42. The van der Waals surface area contributed by atoms with Crippen LogP contribution in [0.1, 0.15) is 13.2 Å². The number of nitrogens with one attached hydrogen (secondary N) is 1. The summed E-state index contributed by atoms with van der Waals surface area (Å²) in [5, 5.41) is 36.2. The summed E-state index contributed by atoms with van der Waals surface area (Å²) in [7, 11) is 0. The Bertz CT molecular complexity index is 1470. The first kappa shape index (κ1) is 19.1. The van der Waals surface area contributed by atoms with Crippen LogP contribution in [0.3, 0.4) is 0 Å². The second kappa shape index (κ2) is 6.69. The Kier molecular flexibility index (Phi) is 4.12. The lowest BCUT2D eigenvalue weighted by Crippen LogP contribution is -2.54. The van der Waals surface area contributed by atoms with Crippen molar-refractivity contribution in [3.63, 3.8) is 0 Å². The van der Waals surface area contributed by atoms with Crippen molar-refractivity contribution in [2.45, 2.75) is 37.6 Å². The van der Waals surface area contributed by atoms with Gasteiger partial charge in [0.25, 0.3) is 0 Å². The number of hydrogen-bond acceptors (Lipinski definition) is 4. The number of aliphatic hydroxyl groups is 3. The third-order valence-electron chi connectivity index (χ3n) is 6.49. The van der Waals surface area contributed by atoms with Crippen LogP contribution in [-0.4, -0.2) is 49.3 Å². The minimum Gasteiger partial charge on any atom is -0.388 e. The molecule has 3 heterocycles. The Labute approximate surface area is 182 Å². The molecule has 0 spiro atoms. The lowest BCUT2D eigenvalue weighted by atomic mass is 9.99. The summed E-state index contributed by atoms with van der Waals surface area (Å²) in [6.07, 6.45) is -5.32. The molecule has 5 aromatic rings. The molecule has 1 saturated heterocycles. The van der Waals surface area contributed by atoms with E-state index in [1.54, 1.807) is 13.0 Å². The number of aliphatic hydroxyl groups excluding tert-OH is 3. The normalized spacial score (nSPS) is 27.1. The van der Waals surface area contributed by atoms with Crippen LogP contribution in [0.15, 0.2) is 54.6 Å². The highest BCUT2D eigenvalue weighted by molar-refractivity contribution is 6.32. The molecule has 0 aliphatic carbocycles. The fourth-order valence-corrected chi connectivity index (χ4v) is 5.11. The second-order valence-corrected chi connectivity index (χ2v) is 8.73. The Hall–Kier alpha value is -2.61. The van der Waals surface area contributed by atoms with Crippen LogP contribution in [0.25, 0.3) is 43.6 Å². The fraction of sp³-hybridized carbons (Fsp3) is 0.250. The van der Waals surface area contributed by atoms with Crippen LogP contribution in [-0.2, 0) is 4.74 Å². The number of H-pyrrole nitrogens is 1. The lowest BCUT2D eigenvalue weighted by Gasteiger charge is -2.40. The van der Waals surface area contributed by atoms with Crippen molar-refractivity contribution in [3.05, 3.63) is 59.6 Å². The van der Waals surface area contributed by atoms with E-state index in [9.17, 15) is 15.3 Å². The highest BCUT2D eigenvalue weighted by atomic mass is 35.5. The van der Waals surface area contributed by atoms with Gasteiger partial charge in [-0.1, -0.05) is 41.9 Å². The number of para-hydroxylation sites is 1. The SMILES string of the molecule is CC1OC(n2c3ccc(Cl)cc3c3ccc4c5ccccc5[nH]c4c32)C(O)C(O)C1O. The van der Waals surface area contributed by atoms with Gasteiger partial charge in [0.05, 0.1) is 22.7 Å². The van der Waals surface area contributed by atoms with E-state index < -0.39 is 30.6 Å². The molecule has 4 N–H and O–H groups in total. The molecule has 0 bridgehead atoms. The molecule has 0 saturated carbocycles. The van der Waals surface area contributed by atoms with Gasteiger partial charge in [0, 0.05) is 32.1 Å². The quantitative estimate of drug-likeness (QED) is 0.318. The van der Waals surface area contributed by atoms with Gasteiger partial charge in [0.15, 0.2) is 6.23 Å². The van der Waals surface area contributed by atoms with Crippen LogP contribution >= 0.6 is 11.6 Å². The lowest BCUT2D eigenvalue weighted by molar-refractivity contribution is -0.238. The zero-order chi connectivity index (χ0) is 21.4. The number of aromatic nitrogens is 2. The third-order valence-corrected chi connectivity index (χ3v) is 6.72. The van der Waals surface area contributed by atoms with Crippen molar-refractivity contribution in [1.82, 2.24) is 9.55 Å². The molecule has 0 amide bonds. The van der Waals surface area contributed by atoms with Crippen LogP contribution in [0.5, 0.6) is 0 Å². The first-order valence-electron chi connectivity index (χ1n) is 10.3. The van der Waals surface area contributed by atoms with Crippen LogP contribution in [0.2, 0.25) is 5.02 Å². The smallest absolute Gasteiger partial charge is 0.163 e. The van der Waals surface area contributed by atoms with E-state index in [-0.39, 0.29) is 0 Å². The number of aromatic amines is 1. The molecule has 2 aromatic heterocycles. The zero-order valence-corrected chi connectivity index (χ0v) is 17.4. The fourth-order valence-electron chi connectivity index (χ4n) is 4.93. The molecule has 1 fully saturated rings. The average Bonchev–Trinajstić information content (AvgIpc) is 3.30. The van der Waals surface area contributed by atoms with Crippen molar-refractivity contribution in [2.24, 2.45) is 0 Å². The number of benzene rings is 3.